The highest BCUT2D eigenvalue weighted by Gasteiger charge is 2.31. The topological polar surface area (TPSA) is 86.9 Å². The van der Waals surface area contributed by atoms with Gasteiger partial charge >= 0.3 is 0 Å². The Bertz CT molecular complexity index is 669. The number of hydrogen-bond donors (Lipinski definition) is 3. The van der Waals surface area contributed by atoms with Crippen LogP contribution < -0.4 is 10.6 Å². The average molecular weight is 274 g/mol. The van der Waals surface area contributed by atoms with Crippen molar-refractivity contribution in [3.05, 3.63) is 42.0 Å². The van der Waals surface area contributed by atoms with Gasteiger partial charge in [0.15, 0.2) is 0 Å². The molecule has 20 heavy (non-hydrogen) atoms. The van der Waals surface area contributed by atoms with Gasteiger partial charge in [0.2, 0.25) is 11.8 Å². The van der Waals surface area contributed by atoms with Crippen LogP contribution in [-0.2, 0) is 9.59 Å². The predicted molar refractivity (Wildman–Crippen MR) is 69.6 cm³/mol. The molecule has 0 saturated heterocycles. The largest absolute Gasteiger partial charge is 0.326 e. The molecular formula is C13H11FN4O2. The summed E-state index contributed by atoms with van der Waals surface area (Å²) in [6.45, 7) is 0. The Morgan fingerprint density at radius 2 is 2.30 bits per heavy atom. The van der Waals surface area contributed by atoms with Gasteiger partial charge in [-0.25, -0.2) is 4.39 Å². The summed E-state index contributed by atoms with van der Waals surface area (Å²) < 4.78 is 13.2. The van der Waals surface area contributed by atoms with Crippen molar-refractivity contribution in [1.29, 1.82) is 0 Å². The molecule has 1 aliphatic rings. The van der Waals surface area contributed by atoms with Crippen LogP contribution in [0, 0.1) is 5.82 Å². The minimum Gasteiger partial charge on any atom is -0.326 e. The molecule has 1 atom stereocenters. The van der Waals surface area contributed by atoms with E-state index >= 15 is 0 Å². The lowest BCUT2D eigenvalue weighted by Crippen LogP contribution is -2.30. The second kappa shape index (κ2) is 4.76. The summed E-state index contributed by atoms with van der Waals surface area (Å²) >= 11 is 0. The lowest BCUT2D eigenvalue weighted by Gasteiger charge is -2.24. The molecule has 102 valence electrons. The third-order valence-corrected chi connectivity index (χ3v) is 3.14. The molecule has 0 fully saturated rings. The van der Waals surface area contributed by atoms with E-state index < -0.39 is 11.7 Å². The molecule has 0 saturated carbocycles. The van der Waals surface area contributed by atoms with Crippen LogP contribution in [0.5, 0.6) is 0 Å². The fourth-order valence-electron chi connectivity index (χ4n) is 2.22. The normalized spacial score (nSPS) is 17.2. The monoisotopic (exact) mass is 274 g/mol. The van der Waals surface area contributed by atoms with E-state index in [2.05, 4.69) is 20.8 Å². The number of halogens is 1. The van der Waals surface area contributed by atoms with Crippen LogP contribution in [0.4, 0.5) is 15.8 Å². The number of benzene rings is 1. The number of aromatic nitrogens is 2. The summed E-state index contributed by atoms with van der Waals surface area (Å²) in [5.41, 5.74) is 1.46. The van der Waals surface area contributed by atoms with E-state index in [-0.39, 0.29) is 18.2 Å². The maximum atomic E-state index is 13.2. The van der Waals surface area contributed by atoms with Gasteiger partial charge in [0, 0.05) is 18.3 Å². The summed E-state index contributed by atoms with van der Waals surface area (Å²) in [5.74, 6) is -1.74. The van der Waals surface area contributed by atoms with Gasteiger partial charge < -0.3 is 10.6 Å². The number of amides is 2. The molecule has 0 spiro atoms. The van der Waals surface area contributed by atoms with Crippen molar-refractivity contribution in [2.45, 2.75) is 12.3 Å². The molecule has 3 rings (SSSR count). The molecule has 0 bridgehead atoms. The quantitative estimate of drug-likeness (QED) is 0.777. The molecule has 1 aromatic carbocycles. The number of aromatic amines is 1. The first-order valence-electron chi connectivity index (χ1n) is 6.02. The van der Waals surface area contributed by atoms with Crippen molar-refractivity contribution >= 4 is 23.2 Å². The number of nitrogens with zero attached hydrogens (tertiary/aromatic N) is 1. The summed E-state index contributed by atoms with van der Waals surface area (Å²) in [4.78, 5) is 23.9. The summed E-state index contributed by atoms with van der Waals surface area (Å²) in [6, 6.07) is 4.00. The zero-order chi connectivity index (χ0) is 14.1. The lowest BCUT2D eigenvalue weighted by atomic mass is 9.89. The molecule has 1 aliphatic heterocycles. The van der Waals surface area contributed by atoms with Gasteiger partial charge in [-0.05, 0) is 17.7 Å². The van der Waals surface area contributed by atoms with Crippen molar-refractivity contribution in [2.24, 2.45) is 0 Å². The fourth-order valence-corrected chi connectivity index (χ4v) is 2.22. The van der Waals surface area contributed by atoms with Gasteiger partial charge in [-0.15, -0.1) is 0 Å². The standard InChI is InChI=1S/C13H11FN4O2/c14-7-1-2-9-10(4-12(19)18-11(9)3-7)13(20)17-8-5-15-16-6-8/h1-3,5-6,10H,4H2,(H,15,16)(H,17,20)(H,18,19)/t10-/m0/s1. The van der Waals surface area contributed by atoms with E-state index in [9.17, 15) is 14.0 Å². The van der Waals surface area contributed by atoms with Crippen LogP contribution in [0.3, 0.4) is 0 Å². The van der Waals surface area contributed by atoms with Crippen molar-refractivity contribution in [3.8, 4) is 0 Å². The summed E-state index contributed by atoms with van der Waals surface area (Å²) in [7, 11) is 0. The average Bonchev–Trinajstić information content (AvgIpc) is 2.90. The number of rotatable bonds is 2. The van der Waals surface area contributed by atoms with Crippen LogP contribution in [0.1, 0.15) is 17.9 Å². The number of carbonyl (C=O) groups excluding carboxylic acids is 2. The zero-order valence-electron chi connectivity index (χ0n) is 10.3. The number of fused-ring (bicyclic) bond motifs is 1. The Morgan fingerprint density at radius 3 is 3.05 bits per heavy atom. The van der Waals surface area contributed by atoms with Crippen LogP contribution in [0.25, 0.3) is 0 Å². The van der Waals surface area contributed by atoms with E-state index in [1.165, 1.54) is 30.6 Å². The highest BCUT2D eigenvalue weighted by Crippen LogP contribution is 2.33. The van der Waals surface area contributed by atoms with E-state index in [4.69, 9.17) is 0 Å². The molecule has 2 amide bonds. The number of H-pyrrole nitrogens is 1. The zero-order valence-corrected chi connectivity index (χ0v) is 10.3. The van der Waals surface area contributed by atoms with E-state index in [0.717, 1.165) is 0 Å². The molecule has 3 N–H and O–H groups in total. The van der Waals surface area contributed by atoms with E-state index in [0.29, 0.717) is 16.9 Å². The molecule has 1 aromatic heterocycles. The molecular weight excluding hydrogens is 263 g/mol. The van der Waals surface area contributed by atoms with Gasteiger partial charge in [-0.3, -0.25) is 14.7 Å². The predicted octanol–water partition coefficient (Wildman–Crippen LogP) is 1.61. The second-order valence-corrected chi connectivity index (χ2v) is 4.51. The lowest BCUT2D eigenvalue weighted by molar-refractivity contribution is -0.123. The molecule has 0 unspecified atom stereocenters. The number of hydrogen-bond acceptors (Lipinski definition) is 3. The molecule has 2 heterocycles. The number of nitrogens with one attached hydrogen (secondary N) is 3. The molecule has 2 aromatic rings. The van der Waals surface area contributed by atoms with Crippen molar-refractivity contribution < 1.29 is 14.0 Å². The molecule has 0 radical (unpaired) electrons. The second-order valence-electron chi connectivity index (χ2n) is 4.51. The van der Waals surface area contributed by atoms with Gasteiger partial charge in [0.05, 0.1) is 17.8 Å². The molecule has 6 nitrogen and oxygen atoms in total. The first-order valence-corrected chi connectivity index (χ1v) is 6.02. The van der Waals surface area contributed by atoms with Gasteiger partial charge in [0.1, 0.15) is 5.82 Å². The maximum absolute atomic E-state index is 13.2. The van der Waals surface area contributed by atoms with Crippen LogP contribution in [-0.4, -0.2) is 22.0 Å². The van der Waals surface area contributed by atoms with Gasteiger partial charge in [0.25, 0.3) is 0 Å². The Hall–Kier alpha value is -2.70. The highest BCUT2D eigenvalue weighted by molar-refractivity contribution is 6.04. The van der Waals surface area contributed by atoms with E-state index in [1.807, 2.05) is 0 Å². The number of anilines is 2. The SMILES string of the molecule is O=C1C[C@H](C(=O)Nc2cn[nH]c2)c2ccc(F)cc2N1. The molecule has 7 heteroatoms. The third-order valence-electron chi connectivity index (χ3n) is 3.14. The van der Waals surface area contributed by atoms with Crippen LogP contribution >= 0.6 is 0 Å². The van der Waals surface area contributed by atoms with Gasteiger partial charge in [-0.2, -0.15) is 5.10 Å². The molecule has 0 aliphatic carbocycles. The van der Waals surface area contributed by atoms with Crippen molar-refractivity contribution in [3.63, 3.8) is 0 Å². The first kappa shape index (κ1) is 12.3. The van der Waals surface area contributed by atoms with Gasteiger partial charge in [-0.1, -0.05) is 6.07 Å². The highest BCUT2D eigenvalue weighted by atomic mass is 19.1. The minimum atomic E-state index is -0.644. The smallest absolute Gasteiger partial charge is 0.232 e. The third kappa shape index (κ3) is 2.25. The minimum absolute atomic E-state index is 0.0301. The Morgan fingerprint density at radius 1 is 1.45 bits per heavy atom. The summed E-state index contributed by atoms with van der Waals surface area (Å²) in [6.07, 6.45) is 3.03. The number of carbonyl (C=O) groups is 2. The summed E-state index contributed by atoms with van der Waals surface area (Å²) in [5, 5.41) is 11.5. The van der Waals surface area contributed by atoms with Crippen molar-refractivity contribution in [2.75, 3.05) is 10.6 Å². The van der Waals surface area contributed by atoms with Crippen LogP contribution in [0.2, 0.25) is 0 Å². The Labute approximate surface area is 113 Å². The first-order chi connectivity index (χ1) is 9.63. The van der Waals surface area contributed by atoms with E-state index in [1.54, 1.807) is 0 Å². The fraction of sp³-hybridized carbons (Fsp3) is 0.154. The van der Waals surface area contributed by atoms with Crippen molar-refractivity contribution in [1.82, 2.24) is 10.2 Å². The Balaban J connectivity index is 1.90. The van der Waals surface area contributed by atoms with Crippen LogP contribution in [0.15, 0.2) is 30.6 Å². The maximum Gasteiger partial charge on any atom is 0.232 e. The Kier molecular flexibility index (Phi) is 2.94.